The quantitative estimate of drug-likeness (QED) is 0.311. The summed E-state index contributed by atoms with van der Waals surface area (Å²) >= 11 is 0. The van der Waals surface area contributed by atoms with Crippen molar-refractivity contribution in [2.45, 2.75) is 5.92 Å². The SMILES string of the molecule is COc1cccc(OC)c1C1c2c(OC)cccc2N(c2cccc(O)c2)c2cccc(OC)c21. The van der Waals surface area contributed by atoms with Gasteiger partial charge >= 0.3 is 0 Å². The van der Waals surface area contributed by atoms with E-state index in [1.54, 1.807) is 40.6 Å². The van der Waals surface area contributed by atoms with Crippen molar-refractivity contribution in [1.82, 2.24) is 0 Å². The van der Waals surface area contributed by atoms with Gasteiger partial charge in [0.05, 0.1) is 45.7 Å². The minimum atomic E-state index is -0.313. The monoisotopic (exact) mass is 469 g/mol. The van der Waals surface area contributed by atoms with Gasteiger partial charge in [0.15, 0.2) is 0 Å². The number of hydrogen-bond donors (Lipinski definition) is 1. The number of hydrogen-bond acceptors (Lipinski definition) is 6. The van der Waals surface area contributed by atoms with Gasteiger partial charge in [-0.15, -0.1) is 0 Å². The molecule has 4 aromatic carbocycles. The fraction of sp³-hybridized carbons (Fsp3) is 0.172. The summed E-state index contributed by atoms with van der Waals surface area (Å²) in [5, 5.41) is 10.3. The van der Waals surface area contributed by atoms with Crippen molar-refractivity contribution in [2.24, 2.45) is 0 Å². The number of fused-ring (bicyclic) bond motifs is 2. The van der Waals surface area contributed by atoms with Crippen LogP contribution < -0.4 is 23.8 Å². The van der Waals surface area contributed by atoms with Gasteiger partial charge in [-0.2, -0.15) is 0 Å². The first-order valence-corrected chi connectivity index (χ1v) is 11.3. The highest BCUT2D eigenvalue weighted by atomic mass is 16.5. The number of benzene rings is 4. The highest BCUT2D eigenvalue weighted by Crippen LogP contribution is 2.59. The van der Waals surface area contributed by atoms with Crippen LogP contribution in [0.1, 0.15) is 22.6 Å². The average molecular weight is 470 g/mol. The van der Waals surface area contributed by atoms with Crippen LogP contribution in [0.25, 0.3) is 0 Å². The van der Waals surface area contributed by atoms with Crippen molar-refractivity contribution < 1.29 is 24.1 Å². The van der Waals surface area contributed by atoms with Crippen LogP contribution in [0.5, 0.6) is 28.7 Å². The first-order chi connectivity index (χ1) is 17.1. The van der Waals surface area contributed by atoms with Crippen molar-refractivity contribution in [3.8, 4) is 28.7 Å². The van der Waals surface area contributed by atoms with Gasteiger partial charge in [0.1, 0.15) is 28.7 Å². The predicted molar refractivity (Wildman–Crippen MR) is 136 cm³/mol. The molecule has 0 saturated carbocycles. The second-order valence-electron chi connectivity index (χ2n) is 8.15. The van der Waals surface area contributed by atoms with Gasteiger partial charge in [-0.1, -0.05) is 24.3 Å². The molecule has 6 nitrogen and oxygen atoms in total. The number of methoxy groups -OCH3 is 4. The molecule has 6 heteroatoms. The van der Waals surface area contributed by atoms with E-state index in [2.05, 4.69) is 17.0 Å². The van der Waals surface area contributed by atoms with Gasteiger partial charge in [0.2, 0.25) is 0 Å². The normalized spacial score (nSPS) is 12.5. The number of phenols is 1. The van der Waals surface area contributed by atoms with E-state index in [0.717, 1.165) is 45.3 Å². The Morgan fingerprint density at radius 2 is 1.00 bits per heavy atom. The Morgan fingerprint density at radius 1 is 0.571 bits per heavy atom. The molecule has 1 aliphatic heterocycles. The van der Waals surface area contributed by atoms with Gasteiger partial charge in [-0.3, -0.25) is 0 Å². The van der Waals surface area contributed by atoms with Crippen LogP contribution in [0.2, 0.25) is 0 Å². The van der Waals surface area contributed by atoms with Crippen LogP contribution in [0, 0.1) is 0 Å². The maximum atomic E-state index is 10.3. The number of phenolic OH excluding ortho intramolecular Hbond substituents is 1. The largest absolute Gasteiger partial charge is 0.508 e. The summed E-state index contributed by atoms with van der Waals surface area (Å²) in [4.78, 5) is 2.12. The number of rotatable bonds is 6. The molecule has 1 aliphatic rings. The molecule has 0 aliphatic carbocycles. The second kappa shape index (κ2) is 9.14. The number of aromatic hydroxyl groups is 1. The van der Waals surface area contributed by atoms with Gasteiger partial charge in [-0.25, -0.2) is 0 Å². The van der Waals surface area contributed by atoms with E-state index < -0.39 is 0 Å². The molecule has 0 radical (unpaired) electrons. The Labute approximate surface area is 204 Å². The van der Waals surface area contributed by atoms with Crippen LogP contribution in [0.3, 0.4) is 0 Å². The van der Waals surface area contributed by atoms with Gasteiger partial charge < -0.3 is 29.0 Å². The summed E-state index contributed by atoms with van der Waals surface area (Å²) in [7, 11) is 6.66. The van der Waals surface area contributed by atoms with E-state index in [1.807, 2.05) is 54.6 Å². The third-order valence-corrected chi connectivity index (χ3v) is 6.43. The number of nitrogens with zero attached hydrogens (tertiary/aromatic N) is 1. The second-order valence-corrected chi connectivity index (χ2v) is 8.15. The first-order valence-electron chi connectivity index (χ1n) is 11.3. The van der Waals surface area contributed by atoms with E-state index in [9.17, 15) is 5.11 Å². The van der Waals surface area contributed by atoms with Crippen LogP contribution in [0.15, 0.2) is 78.9 Å². The molecular formula is C29H27NO5. The maximum Gasteiger partial charge on any atom is 0.126 e. The molecule has 0 amide bonds. The summed E-state index contributed by atoms with van der Waals surface area (Å²) < 4.78 is 23.5. The standard InChI is InChI=1S/C29H27NO5/c1-32-22-13-6-11-20-26(22)29(28-24(34-3)15-8-16-25(28)35-4)27-21(12-7-14-23(27)33-2)30(20)18-9-5-10-19(31)17-18/h5-17,29,31H,1-4H3. The lowest BCUT2D eigenvalue weighted by atomic mass is 9.78. The lowest BCUT2D eigenvalue weighted by molar-refractivity contribution is 0.378. The Balaban J connectivity index is 1.93. The molecule has 0 bridgehead atoms. The van der Waals surface area contributed by atoms with Crippen LogP contribution in [-0.2, 0) is 0 Å². The average Bonchev–Trinajstić information content (AvgIpc) is 2.90. The smallest absolute Gasteiger partial charge is 0.126 e. The fourth-order valence-corrected chi connectivity index (χ4v) is 5.03. The van der Waals surface area contributed by atoms with Crippen molar-refractivity contribution in [3.63, 3.8) is 0 Å². The minimum absolute atomic E-state index is 0.185. The molecule has 0 atom stereocenters. The molecule has 0 unspecified atom stereocenters. The van der Waals surface area contributed by atoms with E-state index in [1.165, 1.54) is 0 Å². The number of ether oxygens (including phenoxy) is 4. The van der Waals surface area contributed by atoms with Crippen molar-refractivity contribution in [2.75, 3.05) is 33.3 Å². The molecule has 0 fully saturated rings. The molecule has 0 aromatic heterocycles. The Bertz CT molecular complexity index is 1310. The van der Waals surface area contributed by atoms with E-state index >= 15 is 0 Å². The topological polar surface area (TPSA) is 60.4 Å². The van der Waals surface area contributed by atoms with Gasteiger partial charge in [0.25, 0.3) is 0 Å². The minimum Gasteiger partial charge on any atom is -0.508 e. The Morgan fingerprint density at radius 3 is 1.46 bits per heavy atom. The summed E-state index contributed by atoms with van der Waals surface area (Å²) in [5.74, 6) is 2.73. The van der Waals surface area contributed by atoms with E-state index in [-0.39, 0.29) is 11.7 Å². The molecule has 178 valence electrons. The molecule has 1 heterocycles. The zero-order valence-corrected chi connectivity index (χ0v) is 20.1. The summed E-state index contributed by atoms with van der Waals surface area (Å²) in [6.07, 6.45) is 0. The van der Waals surface area contributed by atoms with Crippen LogP contribution in [0.4, 0.5) is 17.1 Å². The maximum absolute atomic E-state index is 10.3. The van der Waals surface area contributed by atoms with Crippen molar-refractivity contribution >= 4 is 17.1 Å². The lowest BCUT2D eigenvalue weighted by Crippen LogP contribution is -2.24. The Hall–Kier alpha value is -4.32. The fourth-order valence-electron chi connectivity index (χ4n) is 5.03. The molecule has 5 rings (SSSR count). The van der Waals surface area contributed by atoms with Crippen molar-refractivity contribution in [3.05, 3.63) is 95.6 Å². The van der Waals surface area contributed by atoms with Crippen LogP contribution in [-0.4, -0.2) is 33.5 Å². The van der Waals surface area contributed by atoms with Gasteiger partial charge in [0, 0.05) is 28.4 Å². The highest BCUT2D eigenvalue weighted by molar-refractivity contribution is 5.89. The zero-order chi connectivity index (χ0) is 24.5. The molecule has 0 spiro atoms. The molecular weight excluding hydrogens is 442 g/mol. The molecule has 35 heavy (non-hydrogen) atoms. The number of anilines is 3. The summed E-state index contributed by atoms with van der Waals surface area (Å²) in [6.45, 7) is 0. The lowest BCUT2D eigenvalue weighted by Gasteiger charge is -2.39. The third-order valence-electron chi connectivity index (χ3n) is 6.43. The first kappa shape index (κ1) is 22.5. The molecule has 4 aromatic rings. The highest BCUT2D eigenvalue weighted by Gasteiger charge is 2.39. The third kappa shape index (κ3) is 3.58. The molecule has 1 N–H and O–H groups in total. The van der Waals surface area contributed by atoms with Crippen molar-refractivity contribution in [1.29, 1.82) is 0 Å². The summed E-state index contributed by atoms with van der Waals surface area (Å²) in [6, 6.07) is 24.9. The van der Waals surface area contributed by atoms with E-state index in [4.69, 9.17) is 18.9 Å². The summed E-state index contributed by atoms with van der Waals surface area (Å²) in [5.41, 5.74) is 5.43. The predicted octanol–water partition coefficient (Wildman–Crippen LogP) is 6.39. The van der Waals surface area contributed by atoms with Gasteiger partial charge in [-0.05, 0) is 48.5 Å². The molecule has 0 saturated heterocycles. The zero-order valence-electron chi connectivity index (χ0n) is 20.1. The Kier molecular flexibility index (Phi) is 5.87. The van der Waals surface area contributed by atoms with Crippen LogP contribution >= 0.6 is 0 Å². The van der Waals surface area contributed by atoms with E-state index in [0.29, 0.717) is 11.5 Å².